The number of nitrogens with one attached hydrogen (secondary N) is 2. The second kappa shape index (κ2) is 8.88. The van der Waals surface area contributed by atoms with Gasteiger partial charge in [0.1, 0.15) is 6.10 Å². The zero-order valence-electron chi connectivity index (χ0n) is 17.5. The fourth-order valence-corrected chi connectivity index (χ4v) is 4.23. The molecule has 8 heteroatoms. The Bertz CT molecular complexity index is 729. The normalized spacial score (nSPS) is 30.9. The lowest BCUT2D eigenvalue weighted by Crippen LogP contribution is -3.06. The number of fused-ring (bicyclic) bond motifs is 1. The highest BCUT2D eigenvalue weighted by Crippen LogP contribution is 2.43. The van der Waals surface area contributed by atoms with Crippen molar-refractivity contribution in [1.82, 2.24) is 5.32 Å². The Kier molecular flexibility index (Phi) is 6.88. The minimum atomic E-state index is -1.20. The van der Waals surface area contributed by atoms with Crippen LogP contribution in [0.5, 0.6) is 0 Å². The third-order valence-corrected chi connectivity index (χ3v) is 5.63. The number of likely N-dealkylation sites (N-methyl/N-ethyl adjacent to an activating group) is 1. The van der Waals surface area contributed by atoms with Gasteiger partial charge in [-0.05, 0) is 31.5 Å². The SMILES string of the molecule is C[NH+](C)CCNC(=O)[C@@]1(OCc2cccc(Cl)c2)C[C@@H](O)[C@@H]2OC(C)(C)O[C@@H]2C1. The van der Waals surface area contributed by atoms with Crippen LogP contribution in [0, 0.1) is 0 Å². The quantitative estimate of drug-likeness (QED) is 0.591. The van der Waals surface area contributed by atoms with Gasteiger partial charge in [0.25, 0.3) is 5.91 Å². The fourth-order valence-electron chi connectivity index (χ4n) is 4.01. The number of carbonyl (C=O) groups excluding carboxylic acids is 1. The van der Waals surface area contributed by atoms with Gasteiger partial charge in [-0.2, -0.15) is 0 Å². The first-order valence-corrected chi connectivity index (χ1v) is 10.5. The molecule has 0 aromatic heterocycles. The lowest BCUT2D eigenvalue weighted by molar-refractivity contribution is -0.856. The van der Waals surface area contributed by atoms with Gasteiger partial charge < -0.3 is 29.5 Å². The molecular weight excluding hydrogens is 396 g/mol. The molecule has 1 saturated heterocycles. The number of quaternary nitrogens is 1. The molecule has 0 unspecified atom stereocenters. The molecule has 1 saturated carbocycles. The topological polar surface area (TPSA) is 81.5 Å². The van der Waals surface area contributed by atoms with Crippen LogP contribution in [0.3, 0.4) is 0 Å². The van der Waals surface area contributed by atoms with E-state index in [1.165, 1.54) is 4.90 Å². The van der Waals surface area contributed by atoms with E-state index < -0.39 is 29.7 Å². The van der Waals surface area contributed by atoms with Crippen molar-refractivity contribution in [2.45, 2.75) is 63.0 Å². The predicted molar refractivity (Wildman–Crippen MR) is 109 cm³/mol. The number of aliphatic hydroxyl groups excluding tert-OH is 1. The highest BCUT2D eigenvalue weighted by Gasteiger charge is 2.57. The molecule has 3 N–H and O–H groups in total. The number of hydrogen-bond acceptors (Lipinski definition) is 5. The molecular formula is C21H32ClN2O5+. The van der Waals surface area contributed by atoms with Crippen LogP contribution in [0.1, 0.15) is 32.3 Å². The van der Waals surface area contributed by atoms with E-state index in [4.69, 9.17) is 25.8 Å². The van der Waals surface area contributed by atoms with Crippen LogP contribution in [0.2, 0.25) is 5.02 Å². The summed E-state index contributed by atoms with van der Waals surface area (Å²) < 4.78 is 18.0. The Morgan fingerprint density at radius 3 is 2.79 bits per heavy atom. The number of carbonyl (C=O) groups is 1. The molecule has 162 valence electrons. The van der Waals surface area contributed by atoms with Crippen molar-refractivity contribution < 1.29 is 29.0 Å². The summed E-state index contributed by atoms with van der Waals surface area (Å²) in [7, 11) is 4.05. The Morgan fingerprint density at radius 1 is 1.34 bits per heavy atom. The molecule has 7 nitrogen and oxygen atoms in total. The molecule has 29 heavy (non-hydrogen) atoms. The lowest BCUT2D eigenvalue weighted by atomic mass is 9.78. The molecule has 3 rings (SSSR count). The molecule has 2 aliphatic rings. The number of benzene rings is 1. The minimum absolute atomic E-state index is 0.148. The van der Waals surface area contributed by atoms with Crippen LogP contribution in [0.15, 0.2) is 24.3 Å². The van der Waals surface area contributed by atoms with Gasteiger partial charge in [-0.3, -0.25) is 4.79 Å². The number of ether oxygens (including phenoxy) is 3. The van der Waals surface area contributed by atoms with E-state index in [-0.39, 0.29) is 18.9 Å². The van der Waals surface area contributed by atoms with E-state index >= 15 is 0 Å². The molecule has 1 aliphatic carbocycles. The number of amides is 1. The van der Waals surface area contributed by atoms with Crippen molar-refractivity contribution in [1.29, 1.82) is 0 Å². The predicted octanol–water partition coefficient (Wildman–Crippen LogP) is 0.531. The molecule has 0 bridgehead atoms. The lowest BCUT2D eigenvalue weighted by Gasteiger charge is -2.42. The molecule has 1 amide bonds. The summed E-state index contributed by atoms with van der Waals surface area (Å²) in [5.41, 5.74) is -0.336. The van der Waals surface area contributed by atoms with E-state index in [2.05, 4.69) is 5.32 Å². The number of rotatable bonds is 7. The number of aliphatic hydroxyl groups is 1. The second-order valence-electron chi connectivity index (χ2n) is 8.74. The van der Waals surface area contributed by atoms with Gasteiger partial charge in [0.2, 0.25) is 0 Å². The van der Waals surface area contributed by atoms with Crippen LogP contribution < -0.4 is 10.2 Å². The third-order valence-electron chi connectivity index (χ3n) is 5.40. The fraction of sp³-hybridized carbons (Fsp3) is 0.667. The summed E-state index contributed by atoms with van der Waals surface area (Å²) in [4.78, 5) is 14.4. The van der Waals surface area contributed by atoms with Gasteiger partial charge in [0.05, 0.1) is 46.0 Å². The molecule has 0 spiro atoms. The van der Waals surface area contributed by atoms with Gasteiger partial charge in [-0.1, -0.05) is 23.7 Å². The maximum atomic E-state index is 13.2. The largest absolute Gasteiger partial charge is 0.390 e. The van der Waals surface area contributed by atoms with Crippen molar-refractivity contribution in [2.24, 2.45) is 0 Å². The van der Waals surface area contributed by atoms with Crippen molar-refractivity contribution in [3.63, 3.8) is 0 Å². The minimum Gasteiger partial charge on any atom is -0.390 e. The van der Waals surface area contributed by atoms with Gasteiger partial charge in [0.15, 0.2) is 11.4 Å². The smallest absolute Gasteiger partial charge is 0.252 e. The Labute approximate surface area is 177 Å². The molecule has 1 aliphatic heterocycles. The first-order valence-electron chi connectivity index (χ1n) is 10.1. The van der Waals surface area contributed by atoms with E-state index in [1.54, 1.807) is 6.07 Å². The number of halogens is 1. The Morgan fingerprint density at radius 2 is 2.10 bits per heavy atom. The van der Waals surface area contributed by atoms with Crippen molar-refractivity contribution >= 4 is 17.5 Å². The summed E-state index contributed by atoms with van der Waals surface area (Å²) in [5.74, 6) is -1.03. The first-order chi connectivity index (χ1) is 13.6. The van der Waals surface area contributed by atoms with E-state index in [1.807, 2.05) is 46.1 Å². The van der Waals surface area contributed by atoms with Crippen molar-refractivity contribution in [3.05, 3.63) is 34.9 Å². The Balaban J connectivity index is 1.78. The molecule has 1 heterocycles. The van der Waals surface area contributed by atoms with Crippen LogP contribution in [0.4, 0.5) is 0 Å². The van der Waals surface area contributed by atoms with Crippen LogP contribution in [-0.4, -0.2) is 67.9 Å². The van der Waals surface area contributed by atoms with E-state index in [9.17, 15) is 9.90 Å². The summed E-state index contributed by atoms with van der Waals surface area (Å²) in [6.45, 7) is 5.15. The van der Waals surface area contributed by atoms with Crippen molar-refractivity contribution in [3.8, 4) is 0 Å². The first kappa shape index (κ1) is 22.5. The highest BCUT2D eigenvalue weighted by atomic mass is 35.5. The third kappa shape index (κ3) is 5.48. The van der Waals surface area contributed by atoms with Gasteiger partial charge >= 0.3 is 0 Å². The second-order valence-corrected chi connectivity index (χ2v) is 9.18. The maximum Gasteiger partial charge on any atom is 0.252 e. The van der Waals surface area contributed by atoms with E-state index in [0.717, 1.165) is 12.1 Å². The highest BCUT2D eigenvalue weighted by molar-refractivity contribution is 6.30. The average Bonchev–Trinajstić information content (AvgIpc) is 2.94. The van der Waals surface area contributed by atoms with Gasteiger partial charge in [-0.25, -0.2) is 0 Å². The van der Waals surface area contributed by atoms with Gasteiger partial charge in [0, 0.05) is 17.9 Å². The van der Waals surface area contributed by atoms with Crippen molar-refractivity contribution in [2.75, 3.05) is 27.2 Å². The molecule has 1 aromatic carbocycles. The monoisotopic (exact) mass is 427 g/mol. The summed E-state index contributed by atoms with van der Waals surface area (Å²) >= 11 is 6.08. The molecule has 4 atom stereocenters. The zero-order valence-corrected chi connectivity index (χ0v) is 18.3. The summed E-state index contributed by atoms with van der Waals surface area (Å²) in [6.07, 6.45) is -1.28. The van der Waals surface area contributed by atoms with Crippen LogP contribution in [-0.2, 0) is 25.6 Å². The standard InChI is InChI=1S/C21H31ClN2O5/c1-20(2)28-17-12-21(11-16(25)18(17)29-20,19(26)23-8-9-24(3)4)27-13-14-6-5-7-15(22)10-14/h5-7,10,16-18,25H,8-9,11-13H2,1-4H3,(H,23,26)/p+1/t16-,17-,18+,21-/m1/s1. The maximum absolute atomic E-state index is 13.2. The van der Waals surface area contributed by atoms with Crippen LogP contribution >= 0.6 is 11.6 Å². The van der Waals surface area contributed by atoms with E-state index in [0.29, 0.717) is 18.0 Å². The summed E-state index contributed by atoms with van der Waals surface area (Å²) in [6, 6.07) is 7.34. The van der Waals surface area contributed by atoms with Gasteiger partial charge in [-0.15, -0.1) is 0 Å². The van der Waals surface area contributed by atoms with Crippen LogP contribution in [0.25, 0.3) is 0 Å². The molecule has 1 aromatic rings. The summed E-state index contributed by atoms with van der Waals surface area (Å²) in [5, 5.41) is 14.3. The number of hydrogen-bond donors (Lipinski definition) is 3. The Hall–Kier alpha value is -1.22. The average molecular weight is 428 g/mol. The zero-order chi connectivity index (χ0) is 21.2. The molecule has 2 fully saturated rings. The molecule has 0 radical (unpaired) electrons.